The van der Waals surface area contributed by atoms with Crippen molar-refractivity contribution in [3.05, 3.63) is 33.9 Å². The number of nitro groups is 1. The number of hydrogen-bond donors (Lipinski definition) is 1. The van der Waals surface area contributed by atoms with Gasteiger partial charge < -0.3 is 4.74 Å². The Morgan fingerprint density at radius 2 is 2.31 bits per heavy atom. The van der Waals surface area contributed by atoms with Crippen molar-refractivity contribution >= 4 is 11.6 Å². The Balaban J connectivity index is 3.37. The summed E-state index contributed by atoms with van der Waals surface area (Å²) in [6.45, 7) is 0. The highest BCUT2D eigenvalue weighted by molar-refractivity contribution is 6.01. The molecule has 0 heterocycles. The lowest BCUT2D eigenvalue weighted by Crippen LogP contribution is -2.19. The number of carbonyl (C=O) groups excluding carboxylic acids is 1. The van der Waals surface area contributed by atoms with Gasteiger partial charge in [-0.25, -0.2) is 0 Å². The molecule has 0 aromatic heterocycles. The summed E-state index contributed by atoms with van der Waals surface area (Å²) in [4.78, 5) is 21.4. The molecular formula is C9H7N3O4. The maximum Gasteiger partial charge on any atom is 0.285 e. The van der Waals surface area contributed by atoms with E-state index in [2.05, 4.69) is 0 Å². The first kappa shape index (κ1) is 11.5. The first-order valence-corrected chi connectivity index (χ1v) is 4.12. The third-order valence-corrected chi connectivity index (χ3v) is 1.82. The van der Waals surface area contributed by atoms with Gasteiger partial charge in [-0.2, -0.15) is 5.26 Å². The van der Waals surface area contributed by atoms with Gasteiger partial charge in [0.2, 0.25) is 0 Å². The fraction of sp³-hybridized carbons (Fsp3) is 0.111. The summed E-state index contributed by atoms with van der Waals surface area (Å²) in [6.07, 6.45) is 1.41. The maximum absolute atomic E-state index is 11.4. The van der Waals surface area contributed by atoms with Crippen molar-refractivity contribution in [1.29, 1.82) is 5.26 Å². The molecule has 0 saturated carbocycles. The minimum atomic E-state index is -0.869. The normalized spacial score (nSPS) is 9.00. The number of nitrogens with zero attached hydrogens (tertiary/aromatic N) is 2. The summed E-state index contributed by atoms with van der Waals surface area (Å²) in [5.74, 6) is -0.825. The topological polar surface area (TPSA) is 105 Å². The minimum Gasteiger partial charge on any atom is -0.496 e. The molecule has 1 amide bonds. The van der Waals surface area contributed by atoms with E-state index in [4.69, 9.17) is 10.00 Å². The molecule has 7 nitrogen and oxygen atoms in total. The van der Waals surface area contributed by atoms with Crippen LogP contribution in [-0.2, 0) is 0 Å². The van der Waals surface area contributed by atoms with E-state index in [1.54, 1.807) is 0 Å². The van der Waals surface area contributed by atoms with Gasteiger partial charge in [-0.05, 0) is 6.07 Å². The molecule has 0 atom stereocenters. The Morgan fingerprint density at radius 3 is 2.81 bits per heavy atom. The van der Waals surface area contributed by atoms with Crippen LogP contribution in [0.1, 0.15) is 10.4 Å². The van der Waals surface area contributed by atoms with E-state index in [1.807, 2.05) is 5.32 Å². The lowest BCUT2D eigenvalue weighted by atomic mass is 10.1. The quantitative estimate of drug-likeness (QED) is 0.352. The fourth-order valence-electron chi connectivity index (χ4n) is 1.18. The number of carbonyl (C=O) groups is 1. The summed E-state index contributed by atoms with van der Waals surface area (Å²) in [6, 6.07) is 3.95. The van der Waals surface area contributed by atoms with Crippen LogP contribution in [0.2, 0.25) is 0 Å². The zero-order valence-electron chi connectivity index (χ0n) is 8.26. The molecule has 0 radical (unpaired) electrons. The van der Waals surface area contributed by atoms with Gasteiger partial charge in [0.25, 0.3) is 11.6 Å². The molecule has 82 valence electrons. The fourth-order valence-corrected chi connectivity index (χ4v) is 1.18. The molecule has 0 unspecified atom stereocenters. The molecule has 16 heavy (non-hydrogen) atoms. The second kappa shape index (κ2) is 4.75. The number of rotatable bonds is 3. The standard InChI is InChI=1S/C9H7N3O4/c1-16-7-4-2-3-6(12(14)15)8(7)9(13)11-5-10/h2-4H,1H3,(H,11,13). The van der Waals surface area contributed by atoms with Crippen molar-refractivity contribution < 1.29 is 14.5 Å². The molecule has 1 aromatic rings. The summed E-state index contributed by atoms with van der Waals surface area (Å²) in [5, 5.41) is 20.8. The summed E-state index contributed by atoms with van der Waals surface area (Å²) < 4.78 is 4.83. The number of amides is 1. The Labute approximate surface area is 90.4 Å². The highest BCUT2D eigenvalue weighted by Crippen LogP contribution is 2.27. The van der Waals surface area contributed by atoms with Crippen LogP contribution in [0, 0.1) is 21.6 Å². The van der Waals surface area contributed by atoms with Gasteiger partial charge in [-0.15, -0.1) is 0 Å². The number of nitrogens with one attached hydrogen (secondary N) is 1. The lowest BCUT2D eigenvalue weighted by molar-refractivity contribution is -0.385. The number of ether oxygens (including phenoxy) is 1. The lowest BCUT2D eigenvalue weighted by Gasteiger charge is -2.06. The molecule has 1 aromatic carbocycles. The van der Waals surface area contributed by atoms with E-state index < -0.39 is 16.5 Å². The summed E-state index contributed by atoms with van der Waals surface area (Å²) in [5.41, 5.74) is -0.677. The highest BCUT2D eigenvalue weighted by Gasteiger charge is 2.24. The van der Waals surface area contributed by atoms with Crippen LogP contribution in [0.5, 0.6) is 5.75 Å². The predicted octanol–water partition coefficient (Wildman–Crippen LogP) is 0.814. The molecule has 0 fully saturated rings. The van der Waals surface area contributed by atoms with Crippen LogP contribution in [0.25, 0.3) is 0 Å². The Bertz CT molecular complexity index is 478. The van der Waals surface area contributed by atoms with Crippen LogP contribution in [-0.4, -0.2) is 17.9 Å². The number of benzene rings is 1. The minimum absolute atomic E-state index is 0.0435. The molecule has 1 N–H and O–H groups in total. The zero-order chi connectivity index (χ0) is 12.1. The van der Waals surface area contributed by atoms with Crippen LogP contribution in [0.4, 0.5) is 5.69 Å². The Hall–Kier alpha value is -2.62. The van der Waals surface area contributed by atoms with Crippen LogP contribution >= 0.6 is 0 Å². The van der Waals surface area contributed by atoms with E-state index in [0.29, 0.717) is 0 Å². The van der Waals surface area contributed by atoms with E-state index in [0.717, 1.165) is 6.07 Å². The van der Waals surface area contributed by atoms with Gasteiger partial charge in [-0.3, -0.25) is 20.2 Å². The van der Waals surface area contributed by atoms with Gasteiger partial charge in [0.15, 0.2) is 11.8 Å². The third kappa shape index (κ3) is 2.06. The third-order valence-electron chi connectivity index (χ3n) is 1.82. The first-order valence-electron chi connectivity index (χ1n) is 4.12. The Kier molecular flexibility index (Phi) is 3.40. The Morgan fingerprint density at radius 1 is 1.62 bits per heavy atom. The maximum atomic E-state index is 11.4. The second-order valence-corrected chi connectivity index (χ2v) is 2.68. The number of nitriles is 1. The largest absolute Gasteiger partial charge is 0.496 e. The second-order valence-electron chi connectivity index (χ2n) is 2.68. The van der Waals surface area contributed by atoms with Gasteiger partial charge in [0.05, 0.1) is 12.0 Å². The predicted molar refractivity (Wildman–Crippen MR) is 52.7 cm³/mol. The monoisotopic (exact) mass is 221 g/mol. The zero-order valence-corrected chi connectivity index (χ0v) is 8.26. The number of hydrogen-bond acceptors (Lipinski definition) is 5. The smallest absolute Gasteiger partial charge is 0.285 e. The molecular weight excluding hydrogens is 214 g/mol. The molecule has 0 aliphatic heterocycles. The van der Waals surface area contributed by atoms with E-state index in [9.17, 15) is 14.9 Å². The molecule has 0 spiro atoms. The van der Waals surface area contributed by atoms with E-state index in [-0.39, 0.29) is 11.3 Å². The van der Waals surface area contributed by atoms with Crippen molar-refractivity contribution in [3.63, 3.8) is 0 Å². The number of nitro benzene ring substituents is 1. The van der Waals surface area contributed by atoms with Crippen molar-refractivity contribution in [3.8, 4) is 11.9 Å². The van der Waals surface area contributed by atoms with Crippen molar-refractivity contribution in [2.75, 3.05) is 7.11 Å². The molecule has 0 saturated heterocycles. The average molecular weight is 221 g/mol. The summed E-state index contributed by atoms with van der Waals surface area (Å²) >= 11 is 0. The van der Waals surface area contributed by atoms with Crippen LogP contribution in [0.15, 0.2) is 18.2 Å². The number of methoxy groups -OCH3 is 1. The van der Waals surface area contributed by atoms with Crippen LogP contribution < -0.4 is 10.1 Å². The van der Waals surface area contributed by atoms with Crippen molar-refractivity contribution in [2.45, 2.75) is 0 Å². The molecule has 7 heteroatoms. The highest BCUT2D eigenvalue weighted by atomic mass is 16.6. The molecule has 0 aliphatic carbocycles. The van der Waals surface area contributed by atoms with Gasteiger partial charge in [0.1, 0.15) is 5.75 Å². The van der Waals surface area contributed by atoms with Gasteiger partial charge in [-0.1, -0.05) is 6.07 Å². The molecule has 1 rings (SSSR count). The van der Waals surface area contributed by atoms with E-state index in [1.165, 1.54) is 25.4 Å². The van der Waals surface area contributed by atoms with Gasteiger partial charge in [0, 0.05) is 6.07 Å². The van der Waals surface area contributed by atoms with Crippen molar-refractivity contribution in [1.82, 2.24) is 5.32 Å². The van der Waals surface area contributed by atoms with Crippen LogP contribution in [0.3, 0.4) is 0 Å². The van der Waals surface area contributed by atoms with Gasteiger partial charge >= 0.3 is 0 Å². The first-order chi connectivity index (χ1) is 7.61. The SMILES string of the molecule is COc1cccc([N+](=O)[O-])c1C(=O)NC#N. The summed E-state index contributed by atoms with van der Waals surface area (Å²) in [7, 11) is 1.28. The van der Waals surface area contributed by atoms with E-state index >= 15 is 0 Å². The molecule has 0 bridgehead atoms. The molecule has 0 aliphatic rings. The average Bonchev–Trinajstić information content (AvgIpc) is 2.28. The van der Waals surface area contributed by atoms with Crippen molar-refractivity contribution in [2.24, 2.45) is 0 Å².